The maximum absolute atomic E-state index is 10.7. The fraction of sp³-hybridized carbons (Fsp3) is 0.400. The van der Waals surface area contributed by atoms with Gasteiger partial charge in [-0.05, 0) is 38.1 Å². The van der Waals surface area contributed by atoms with Gasteiger partial charge in [0.1, 0.15) is 5.75 Å². The van der Waals surface area contributed by atoms with Gasteiger partial charge in [-0.25, -0.2) is 0 Å². The fourth-order valence-electron chi connectivity index (χ4n) is 3.85. The van der Waals surface area contributed by atoms with Crippen molar-refractivity contribution >= 4 is 0 Å². The molecular weight excluding hydrogens is 334 g/mol. The third-order valence-electron chi connectivity index (χ3n) is 5.05. The summed E-state index contributed by atoms with van der Waals surface area (Å²) in [6.45, 7) is 2.09. The summed E-state index contributed by atoms with van der Waals surface area (Å²) in [5.41, 5.74) is 1.74. The summed E-state index contributed by atoms with van der Waals surface area (Å²) in [4.78, 5) is 2.36. The molecule has 26 heavy (non-hydrogen) atoms. The van der Waals surface area contributed by atoms with Gasteiger partial charge in [-0.1, -0.05) is 12.1 Å². The lowest BCUT2D eigenvalue weighted by atomic mass is 9.94. The summed E-state index contributed by atoms with van der Waals surface area (Å²) >= 11 is 0. The molecule has 0 bridgehead atoms. The van der Waals surface area contributed by atoms with Crippen LogP contribution in [0.4, 0.5) is 0 Å². The molecule has 6 nitrogen and oxygen atoms in total. The van der Waals surface area contributed by atoms with Crippen LogP contribution in [0.1, 0.15) is 30.0 Å². The highest BCUT2D eigenvalue weighted by Gasteiger charge is 2.32. The molecule has 2 aromatic rings. The van der Waals surface area contributed by atoms with Crippen molar-refractivity contribution in [1.29, 1.82) is 0 Å². The van der Waals surface area contributed by atoms with E-state index in [1.807, 2.05) is 24.3 Å². The Morgan fingerprint density at radius 2 is 1.73 bits per heavy atom. The summed E-state index contributed by atoms with van der Waals surface area (Å²) < 4.78 is 22.1. The van der Waals surface area contributed by atoms with E-state index >= 15 is 0 Å². The van der Waals surface area contributed by atoms with Gasteiger partial charge in [-0.2, -0.15) is 0 Å². The molecule has 0 radical (unpaired) electrons. The van der Waals surface area contributed by atoms with E-state index in [0.717, 1.165) is 37.1 Å². The second-order valence-electron chi connectivity index (χ2n) is 6.49. The molecule has 1 N–H and O–H groups in total. The lowest BCUT2D eigenvalue weighted by Crippen LogP contribution is -2.27. The number of phenols is 1. The largest absolute Gasteiger partial charge is 0.507 e. The average molecular weight is 357 g/mol. The van der Waals surface area contributed by atoms with E-state index in [4.69, 9.17) is 18.9 Å². The number of methoxy groups -OCH3 is 2. The third-order valence-corrected chi connectivity index (χ3v) is 5.05. The van der Waals surface area contributed by atoms with Crippen molar-refractivity contribution in [2.45, 2.75) is 18.9 Å². The first kappa shape index (κ1) is 16.8. The van der Waals surface area contributed by atoms with Crippen LogP contribution in [-0.4, -0.2) is 44.1 Å². The molecule has 0 aromatic heterocycles. The Balaban J connectivity index is 1.87. The minimum absolute atomic E-state index is 0.156. The van der Waals surface area contributed by atoms with Gasteiger partial charge in [0.2, 0.25) is 6.79 Å². The minimum Gasteiger partial charge on any atom is -0.507 e. The zero-order chi connectivity index (χ0) is 18.1. The minimum atomic E-state index is -0.156. The number of fused-ring (bicyclic) bond motifs is 1. The number of rotatable bonds is 5. The predicted octanol–water partition coefficient (Wildman–Crippen LogP) is 3.32. The molecular formula is C20H23NO5. The van der Waals surface area contributed by atoms with E-state index in [-0.39, 0.29) is 18.6 Å². The van der Waals surface area contributed by atoms with Gasteiger partial charge in [-0.15, -0.1) is 0 Å². The van der Waals surface area contributed by atoms with Gasteiger partial charge in [0, 0.05) is 17.2 Å². The van der Waals surface area contributed by atoms with E-state index in [2.05, 4.69) is 4.90 Å². The standard InChI is InChI=1S/C20H23NO5/c1-23-16-7-5-6-13(20(16)24-2)19(21-8-3-4-9-21)14-10-17-18(11-15(14)22)26-12-25-17/h5-7,10-11,19,22H,3-4,8-9,12H2,1-2H3. The van der Waals surface area contributed by atoms with Crippen molar-refractivity contribution in [2.75, 3.05) is 34.1 Å². The number of hydrogen-bond acceptors (Lipinski definition) is 6. The molecule has 1 saturated heterocycles. The van der Waals surface area contributed by atoms with Gasteiger partial charge in [0.15, 0.2) is 23.0 Å². The first-order valence-corrected chi connectivity index (χ1v) is 8.80. The zero-order valence-electron chi connectivity index (χ0n) is 15.0. The van der Waals surface area contributed by atoms with E-state index in [1.165, 1.54) is 0 Å². The molecule has 2 aliphatic rings. The highest BCUT2D eigenvalue weighted by atomic mass is 16.7. The van der Waals surface area contributed by atoms with Crippen molar-refractivity contribution < 1.29 is 24.1 Å². The number of ether oxygens (including phenoxy) is 4. The first-order valence-electron chi connectivity index (χ1n) is 8.80. The van der Waals surface area contributed by atoms with Crippen LogP contribution in [0.3, 0.4) is 0 Å². The topological polar surface area (TPSA) is 60.4 Å². The number of likely N-dealkylation sites (tertiary alicyclic amines) is 1. The summed E-state index contributed by atoms with van der Waals surface area (Å²) in [7, 11) is 3.27. The van der Waals surface area contributed by atoms with Crippen molar-refractivity contribution in [1.82, 2.24) is 4.90 Å². The monoisotopic (exact) mass is 357 g/mol. The number of hydrogen-bond donors (Lipinski definition) is 1. The van der Waals surface area contributed by atoms with Gasteiger partial charge in [0.25, 0.3) is 0 Å². The first-order chi connectivity index (χ1) is 12.7. The third kappa shape index (κ3) is 2.80. The van der Waals surface area contributed by atoms with Crippen LogP contribution < -0.4 is 18.9 Å². The van der Waals surface area contributed by atoms with E-state index in [1.54, 1.807) is 20.3 Å². The summed E-state index contributed by atoms with van der Waals surface area (Å²) in [5, 5.41) is 10.7. The van der Waals surface area contributed by atoms with Crippen LogP contribution in [0.5, 0.6) is 28.7 Å². The Hall–Kier alpha value is -2.60. The number of para-hydroxylation sites is 1. The molecule has 2 heterocycles. The lowest BCUT2D eigenvalue weighted by Gasteiger charge is -2.30. The van der Waals surface area contributed by atoms with Gasteiger partial charge < -0.3 is 24.1 Å². The van der Waals surface area contributed by atoms with Crippen molar-refractivity contribution in [3.8, 4) is 28.7 Å². The molecule has 0 amide bonds. The van der Waals surface area contributed by atoms with E-state index in [9.17, 15) is 5.11 Å². The molecule has 0 spiro atoms. The Bertz CT molecular complexity index is 801. The molecule has 1 fully saturated rings. The Labute approximate surface area is 152 Å². The number of benzene rings is 2. The van der Waals surface area contributed by atoms with Crippen LogP contribution in [-0.2, 0) is 0 Å². The molecule has 6 heteroatoms. The molecule has 2 aliphatic heterocycles. The van der Waals surface area contributed by atoms with Crippen LogP contribution in [0.25, 0.3) is 0 Å². The lowest BCUT2D eigenvalue weighted by molar-refractivity contribution is 0.173. The van der Waals surface area contributed by atoms with Crippen LogP contribution in [0.15, 0.2) is 30.3 Å². The van der Waals surface area contributed by atoms with Crippen LogP contribution in [0, 0.1) is 0 Å². The van der Waals surface area contributed by atoms with Gasteiger partial charge >= 0.3 is 0 Å². The quantitative estimate of drug-likeness (QED) is 0.886. The highest BCUT2D eigenvalue weighted by molar-refractivity contribution is 5.57. The molecule has 4 rings (SSSR count). The SMILES string of the molecule is COc1cccc(C(c2cc3c(cc2O)OCO3)N2CCCC2)c1OC. The van der Waals surface area contributed by atoms with Gasteiger partial charge in [-0.3, -0.25) is 4.90 Å². The number of nitrogens with zero attached hydrogens (tertiary/aromatic N) is 1. The maximum Gasteiger partial charge on any atom is 0.231 e. The highest BCUT2D eigenvalue weighted by Crippen LogP contribution is 2.47. The Morgan fingerprint density at radius 3 is 2.42 bits per heavy atom. The second-order valence-corrected chi connectivity index (χ2v) is 6.49. The van der Waals surface area contributed by atoms with Crippen molar-refractivity contribution in [2.24, 2.45) is 0 Å². The fourth-order valence-corrected chi connectivity index (χ4v) is 3.85. The molecule has 1 atom stereocenters. The van der Waals surface area contributed by atoms with E-state index < -0.39 is 0 Å². The smallest absolute Gasteiger partial charge is 0.231 e. The zero-order valence-corrected chi connectivity index (χ0v) is 15.0. The van der Waals surface area contributed by atoms with Crippen molar-refractivity contribution in [3.63, 3.8) is 0 Å². The van der Waals surface area contributed by atoms with Crippen LogP contribution >= 0.6 is 0 Å². The summed E-state index contributed by atoms with van der Waals surface area (Å²) in [6.07, 6.45) is 2.27. The normalized spacial score (nSPS) is 17.3. The summed E-state index contributed by atoms with van der Waals surface area (Å²) in [5.74, 6) is 2.78. The molecule has 2 aromatic carbocycles. The van der Waals surface area contributed by atoms with Crippen molar-refractivity contribution in [3.05, 3.63) is 41.5 Å². The van der Waals surface area contributed by atoms with E-state index in [0.29, 0.717) is 23.0 Å². The molecule has 1 unspecified atom stereocenters. The molecule has 0 saturated carbocycles. The molecule has 138 valence electrons. The predicted molar refractivity (Wildman–Crippen MR) is 96.4 cm³/mol. The molecule has 0 aliphatic carbocycles. The Morgan fingerprint density at radius 1 is 1.00 bits per heavy atom. The number of aromatic hydroxyl groups is 1. The average Bonchev–Trinajstić information content (AvgIpc) is 3.33. The van der Waals surface area contributed by atoms with Gasteiger partial charge in [0.05, 0.1) is 20.3 Å². The second kappa shape index (κ2) is 6.96. The Kier molecular flexibility index (Phi) is 4.51. The maximum atomic E-state index is 10.7. The summed E-state index contributed by atoms with van der Waals surface area (Å²) in [6, 6.07) is 9.20. The van der Waals surface area contributed by atoms with Crippen LogP contribution in [0.2, 0.25) is 0 Å². The number of phenolic OH excluding ortho intramolecular Hbond substituents is 1.